The summed E-state index contributed by atoms with van der Waals surface area (Å²) in [7, 11) is 0. The summed E-state index contributed by atoms with van der Waals surface area (Å²) in [6.45, 7) is 1.74. The van der Waals surface area contributed by atoms with Crippen LogP contribution in [-0.4, -0.2) is 25.9 Å². The number of carbonyl (C=O) groups excluding carboxylic acids is 1. The summed E-state index contributed by atoms with van der Waals surface area (Å²) < 4.78 is 22.8. The van der Waals surface area contributed by atoms with E-state index in [4.69, 9.17) is 18.9 Å². The Kier molecular flexibility index (Phi) is 2.89. The first kappa shape index (κ1) is 14.7. The Morgan fingerprint density at radius 1 is 0.852 bits per heavy atom. The SMILES string of the molecule is O=C1NCc2c1cc1ccc3c(c1c2-c1ccc2c(c1)OCO2)OCCO3. The molecule has 3 aliphatic heterocycles. The molecule has 27 heavy (non-hydrogen) atoms. The van der Waals surface area contributed by atoms with Crippen LogP contribution in [0.3, 0.4) is 0 Å². The van der Waals surface area contributed by atoms with Crippen molar-refractivity contribution in [2.24, 2.45) is 0 Å². The van der Waals surface area contributed by atoms with Gasteiger partial charge >= 0.3 is 0 Å². The molecule has 1 amide bonds. The van der Waals surface area contributed by atoms with Gasteiger partial charge in [-0.1, -0.05) is 12.1 Å². The van der Waals surface area contributed by atoms with Gasteiger partial charge in [-0.25, -0.2) is 0 Å². The fourth-order valence-electron chi connectivity index (χ4n) is 4.06. The molecular weight excluding hydrogens is 346 g/mol. The van der Waals surface area contributed by atoms with E-state index in [1.165, 1.54) is 0 Å². The van der Waals surface area contributed by atoms with Crippen molar-refractivity contribution in [3.63, 3.8) is 0 Å². The largest absolute Gasteiger partial charge is 0.486 e. The third kappa shape index (κ3) is 2.04. The van der Waals surface area contributed by atoms with E-state index in [0.717, 1.165) is 44.7 Å². The van der Waals surface area contributed by atoms with Gasteiger partial charge in [0, 0.05) is 17.5 Å². The van der Waals surface area contributed by atoms with Gasteiger partial charge in [0.15, 0.2) is 23.0 Å². The molecule has 1 N–H and O–H groups in total. The molecule has 3 heterocycles. The predicted octanol–water partition coefficient (Wildman–Crippen LogP) is 3.25. The molecule has 3 aliphatic rings. The average Bonchev–Trinajstić information content (AvgIpc) is 3.32. The van der Waals surface area contributed by atoms with Gasteiger partial charge < -0.3 is 24.3 Å². The molecule has 0 radical (unpaired) electrons. The van der Waals surface area contributed by atoms with Gasteiger partial charge in [0.2, 0.25) is 6.79 Å². The van der Waals surface area contributed by atoms with Crippen molar-refractivity contribution < 1.29 is 23.7 Å². The van der Waals surface area contributed by atoms with E-state index in [9.17, 15) is 4.79 Å². The number of carbonyl (C=O) groups is 1. The second-order valence-electron chi connectivity index (χ2n) is 6.72. The summed E-state index contributed by atoms with van der Waals surface area (Å²) in [6.07, 6.45) is 0. The van der Waals surface area contributed by atoms with Gasteiger partial charge in [-0.15, -0.1) is 0 Å². The molecule has 0 spiro atoms. The first-order valence-electron chi connectivity index (χ1n) is 8.86. The summed E-state index contributed by atoms with van der Waals surface area (Å²) in [5.41, 5.74) is 3.60. The van der Waals surface area contributed by atoms with E-state index in [1.54, 1.807) is 0 Å². The zero-order valence-corrected chi connectivity index (χ0v) is 14.3. The highest BCUT2D eigenvalue weighted by Crippen LogP contribution is 2.47. The summed E-state index contributed by atoms with van der Waals surface area (Å²) in [5.74, 6) is 2.84. The molecule has 0 atom stereocenters. The molecule has 134 valence electrons. The van der Waals surface area contributed by atoms with Crippen LogP contribution >= 0.6 is 0 Å². The second-order valence-corrected chi connectivity index (χ2v) is 6.72. The maximum Gasteiger partial charge on any atom is 0.251 e. The molecule has 3 aromatic rings. The summed E-state index contributed by atoms with van der Waals surface area (Å²) in [4.78, 5) is 12.4. The maximum absolute atomic E-state index is 12.4. The van der Waals surface area contributed by atoms with Gasteiger partial charge in [-0.3, -0.25) is 4.79 Å². The highest BCUT2D eigenvalue weighted by Gasteiger charge is 2.29. The van der Waals surface area contributed by atoms with Crippen molar-refractivity contribution in [3.05, 3.63) is 47.5 Å². The molecule has 6 heteroatoms. The third-order valence-electron chi connectivity index (χ3n) is 5.25. The van der Waals surface area contributed by atoms with Crippen molar-refractivity contribution >= 4 is 16.7 Å². The first-order chi connectivity index (χ1) is 13.3. The van der Waals surface area contributed by atoms with E-state index >= 15 is 0 Å². The molecule has 0 aromatic heterocycles. The third-order valence-corrected chi connectivity index (χ3v) is 5.25. The van der Waals surface area contributed by atoms with Gasteiger partial charge in [-0.2, -0.15) is 0 Å². The highest BCUT2D eigenvalue weighted by atomic mass is 16.7. The standard InChI is InChI=1S/C21H15NO5/c23-21-13-7-11-2-4-16-20(25-6-5-24-16)19(11)18(14(13)9-22-21)12-1-3-15-17(8-12)27-10-26-15/h1-4,7-8H,5-6,9-10H2,(H,22,23). The Hall–Kier alpha value is -3.41. The lowest BCUT2D eigenvalue weighted by Crippen LogP contribution is -2.15. The first-order valence-corrected chi connectivity index (χ1v) is 8.86. The van der Waals surface area contributed by atoms with E-state index in [2.05, 4.69) is 5.32 Å². The van der Waals surface area contributed by atoms with Crippen molar-refractivity contribution in [3.8, 4) is 34.1 Å². The monoisotopic (exact) mass is 361 g/mol. The second kappa shape index (κ2) is 5.30. The van der Waals surface area contributed by atoms with Crippen LogP contribution in [0, 0.1) is 0 Å². The number of ether oxygens (including phenoxy) is 4. The molecule has 3 aromatic carbocycles. The molecule has 0 saturated heterocycles. The Labute approximate surface area is 154 Å². The van der Waals surface area contributed by atoms with Crippen LogP contribution in [0.25, 0.3) is 21.9 Å². The van der Waals surface area contributed by atoms with Gasteiger partial charge in [0.25, 0.3) is 5.91 Å². The van der Waals surface area contributed by atoms with Crippen LogP contribution in [0.15, 0.2) is 36.4 Å². The van der Waals surface area contributed by atoms with Crippen LogP contribution in [-0.2, 0) is 6.54 Å². The number of benzene rings is 3. The highest BCUT2D eigenvalue weighted by molar-refractivity contribution is 6.11. The Morgan fingerprint density at radius 3 is 2.67 bits per heavy atom. The Balaban J connectivity index is 1.72. The van der Waals surface area contributed by atoms with Crippen molar-refractivity contribution in [1.82, 2.24) is 5.32 Å². The number of amides is 1. The quantitative estimate of drug-likeness (QED) is 0.721. The average molecular weight is 361 g/mol. The number of hydrogen-bond donors (Lipinski definition) is 1. The minimum Gasteiger partial charge on any atom is -0.486 e. The number of fused-ring (bicyclic) bond motifs is 5. The molecular formula is C21H15NO5. The number of hydrogen-bond acceptors (Lipinski definition) is 5. The fourth-order valence-corrected chi connectivity index (χ4v) is 4.06. The predicted molar refractivity (Wildman–Crippen MR) is 97.7 cm³/mol. The van der Waals surface area contributed by atoms with Crippen LogP contribution in [0.4, 0.5) is 0 Å². The minimum absolute atomic E-state index is 0.0521. The van der Waals surface area contributed by atoms with Crippen LogP contribution in [0.2, 0.25) is 0 Å². The normalized spacial score (nSPS) is 16.4. The number of rotatable bonds is 1. The van der Waals surface area contributed by atoms with Gasteiger partial charge in [0.05, 0.1) is 0 Å². The van der Waals surface area contributed by atoms with E-state index in [0.29, 0.717) is 31.1 Å². The molecule has 0 fully saturated rings. The van der Waals surface area contributed by atoms with E-state index < -0.39 is 0 Å². The lowest BCUT2D eigenvalue weighted by Gasteiger charge is -2.22. The smallest absolute Gasteiger partial charge is 0.251 e. The molecule has 0 bridgehead atoms. The van der Waals surface area contributed by atoms with E-state index in [1.807, 2.05) is 36.4 Å². The molecule has 0 aliphatic carbocycles. The van der Waals surface area contributed by atoms with Crippen LogP contribution < -0.4 is 24.3 Å². The molecule has 6 nitrogen and oxygen atoms in total. The molecule has 6 rings (SSSR count). The van der Waals surface area contributed by atoms with Crippen molar-refractivity contribution in [2.45, 2.75) is 6.54 Å². The number of nitrogens with one attached hydrogen (secondary N) is 1. The zero-order valence-electron chi connectivity index (χ0n) is 14.3. The Bertz CT molecular complexity index is 1140. The Morgan fingerprint density at radius 2 is 1.70 bits per heavy atom. The van der Waals surface area contributed by atoms with Crippen molar-refractivity contribution in [2.75, 3.05) is 20.0 Å². The summed E-state index contributed by atoms with van der Waals surface area (Å²) in [5, 5.41) is 4.84. The van der Waals surface area contributed by atoms with Crippen LogP contribution in [0.5, 0.6) is 23.0 Å². The summed E-state index contributed by atoms with van der Waals surface area (Å²) in [6, 6.07) is 11.7. The fraction of sp³-hybridized carbons (Fsp3) is 0.190. The van der Waals surface area contributed by atoms with Crippen molar-refractivity contribution in [1.29, 1.82) is 0 Å². The molecule has 0 saturated carbocycles. The zero-order chi connectivity index (χ0) is 18.0. The van der Waals surface area contributed by atoms with Gasteiger partial charge in [-0.05, 0) is 46.3 Å². The maximum atomic E-state index is 12.4. The lowest BCUT2D eigenvalue weighted by atomic mass is 9.89. The van der Waals surface area contributed by atoms with Crippen LogP contribution in [0.1, 0.15) is 15.9 Å². The van der Waals surface area contributed by atoms with Gasteiger partial charge in [0.1, 0.15) is 13.2 Å². The van der Waals surface area contributed by atoms with E-state index in [-0.39, 0.29) is 12.7 Å². The minimum atomic E-state index is -0.0521. The molecule has 0 unspecified atom stereocenters. The summed E-state index contributed by atoms with van der Waals surface area (Å²) >= 11 is 0. The lowest BCUT2D eigenvalue weighted by molar-refractivity contribution is 0.0966. The topological polar surface area (TPSA) is 66.0 Å².